The van der Waals surface area contributed by atoms with Crippen LogP contribution in [0, 0.1) is 5.92 Å². The molecule has 0 bridgehead atoms. The maximum Gasteiger partial charge on any atom is 0.330 e. The van der Waals surface area contributed by atoms with Gasteiger partial charge in [-0.15, -0.1) is 0 Å². The third-order valence-corrected chi connectivity index (χ3v) is 4.98. The molecule has 1 heterocycles. The molecule has 1 atom stereocenters. The summed E-state index contributed by atoms with van der Waals surface area (Å²) in [6.45, 7) is 14.8. The van der Waals surface area contributed by atoms with E-state index in [1.807, 2.05) is 13.8 Å². The number of benzene rings is 1. The topological polar surface area (TPSA) is 197 Å². The molecule has 0 aromatic heterocycles. The minimum atomic E-state index is -0.998. The van der Waals surface area contributed by atoms with Crippen molar-refractivity contribution in [2.45, 2.75) is 60.6 Å². The number of hydrogen-bond donors (Lipinski definition) is 6. The van der Waals surface area contributed by atoms with E-state index >= 15 is 0 Å². The summed E-state index contributed by atoms with van der Waals surface area (Å²) in [7, 11) is 0. The van der Waals surface area contributed by atoms with Crippen LogP contribution in [0.3, 0.4) is 0 Å². The fourth-order valence-electron chi connectivity index (χ4n) is 3.36. The molecule has 0 saturated carbocycles. The fourth-order valence-corrected chi connectivity index (χ4v) is 3.36. The number of aromatic hydroxyl groups is 2. The van der Waals surface area contributed by atoms with Crippen LogP contribution in [0.25, 0.3) is 6.08 Å². The van der Waals surface area contributed by atoms with Crippen molar-refractivity contribution in [3.63, 3.8) is 0 Å². The molecule has 1 unspecified atom stereocenters. The summed E-state index contributed by atoms with van der Waals surface area (Å²) in [5.74, 6) is -1.78. The van der Waals surface area contributed by atoms with E-state index < -0.39 is 23.6 Å². The first-order valence-electron chi connectivity index (χ1n) is 12.9. The third kappa shape index (κ3) is 16.2. The van der Waals surface area contributed by atoms with Crippen LogP contribution < -0.4 is 5.32 Å². The number of carboxylic acid groups (broad SMARTS) is 1. The summed E-state index contributed by atoms with van der Waals surface area (Å²) in [4.78, 5) is 46.9. The average molecular weight is 598 g/mol. The summed E-state index contributed by atoms with van der Waals surface area (Å²) in [6, 6.07) is 4.00. The van der Waals surface area contributed by atoms with Gasteiger partial charge in [-0.1, -0.05) is 33.9 Å². The molecule has 0 aliphatic carbocycles. The van der Waals surface area contributed by atoms with Gasteiger partial charge < -0.3 is 35.6 Å². The van der Waals surface area contributed by atoms with E-state index in [-0.39, 0.29) is 56.3 Å². The maximum absolute atomic E-state index is 11.6. The van der Waals surface area contributed by atoms with Gasteiger partial charge in [0.2, 0.25) is 0 Å². The first-order chi connectivity index (χ1) is 18.9. The second kappa shape index (κ2) is 19.1. The smallest absolute Gasteiger partial charge is 0.330 e. The van der Waals surface area contributed by atoms with E-state index in [2.05, 4.69) is 16.6 Å². The largest absolute Gasteiger partial charge is 0.512 e. The van der Waals surface area contributed by atoms with Gasteiger partial charge in [-0.2, -0.15) is 0 Å². The number of carbonyl (C=O) groups is 4. The van der Waals surface area contributed by atoms with E-state index in [1.165, 1.54) is 34.1 Å². The molecule has 3 amide bonds. The molecule has 238 valence electrons. The Labute approximate surface area is 247 Å². The van der Waals surface area contributed by atoms with Crippen molar-refractivity contribution in [3.8, 4) is 11.5 Å². The second-order valence-corrected chi connectivity index (χ2v) is 10.2. The van der Waals surface area contributed by atoms with Gasteiger partial charge in [0, 0.05) is 19.2 Å². The van der Waals surface area contributed by atoms with Crippen molar-refractivity contribution in [3.05, 3.63) is 42.2 Å². The number of imide groups is 1. The molecule has 0 spiro atoms. The lowest BCUT2D eigenvalue weighted by molar-refractivity contribution is -0.139. The van der Waals surface area contributed by atoms with Crippen LogP contribution in [-0.2, 0) is 19.1 Å². The van der Waals surface area contributed by atoms with Crippen molar-refractivity contribution in [2.75, 3.05) is 32.8 Å². The molecular weight excluding hydrogens is 550 g/mol. The van der Waals surface area contributed by atoms with Crippen molar-refractivity contribution >= 4 is 30.0 Å². The Hall–Kier alpha value is -4.10. The molecule has 13 nitrogen and oxygen atoms in total. The van der Waals surface area contributed by atoms with Crippen molar-refractivity contribution < 1.29 is 49.4 Å². The Bertz CT molecular complexity index is 1070. The van der Waals surface area contributed by atoms with Crippen LogP contribution in [-0.4, -0.2) is 104 Å². The SMILES string of the molecule is C.C=C(O)CN(CC(=O)O)CC(C)O.CC(C)CN1C(=O)NC(C)(C)C1=O.CCOC(=O)/C=C\c1ccc(O)c(O)c1. The van der Waals surface area contributed by atoms with E-state index in [1.54, 1.807) is 33.8 Å². The summed E-state index contributed by atoms with van der Waals surface area (Å²) in [5, 5.41) is 47.2. The Morgan fingerprint density at radius 3 is 2.12 bits per heavy atom. The number of carboxylic acids is 1. The number of urea groups is 1. The predicted octanol–water partition coefficient (Wildman–Crippen LogP) is 3.11. The van der Waals surface area contributed by atoms with Gasteiger partial charge in [-0.05, 0) is 57.4 Å². The van der Waals surface area contributed by atoms with E-state index in [9.17, 15) is 19.2 Å². The normalized spacial score (nSPS) is 14.3. The summed E-state index contributed by atoms with van der Waals surface area (Å²) >= 11 is 0. The lowest BCUT2D eigenvalue weighted by Gasteiger charge is -2.20. The first-order valence-corrected chi connectivity index (χ1v) is 12.9. The number of hydrogen-bond acceptors (Lipinski definition) is 10. The number of aliphatic hydroxyl groups is 2. The monoisotopic (exact) mass is 597 g/mol. The van der Waals surface area contributed by atoms with Gasteiger partial charge >= 0.3 is 18.0 Å². The van der Waals surface area contributed by atoms with Crippen LogP contribution in [0.15, 0.2) is 36.6 Å². The standard InChI is InChI=1S/C11H12O4.C9H16N2O2.C8H15NO4.CH4/c1-2-15-11(14)6-4-8-3-5-9(12)10(13)7-8;1-6(2)5-11-7(12)9(3,4)10-8(11)13;1-6(10)3-9(4-7(2)11)5-8(12)13;/h3-7,12-13H,2H2,1H3;6H,5H2,1-4H3,(H,10,13);7,10-11H,1,3-5H2,2H3,(H,12,13);1H4/b6-4-;;;. The average Bonchev–Trinajstić information content (AvgIpc) is 3.00. The van der Waals surface area contributed by atoms with Gasteiger partial charge in [0.05, 0.1) is 31.6 Å². The minimum Gasteiger partial charge on any atom is -0.512 e. The molecule has 0 radical (unpaired) electrons. The maximum atomic E-state index is 11.6. The van der Waals surface area contributed by atoms with Crippen molar-refractivity contribution in [2.24, 2.45) is 5.92 Å². The predicted molar refractivity (Wildman–Crippen MR) is 159 cm³/mol. The first kappa shape index (κ1) is 40.0. The van der Waals surface area contributed by atoms with Crippen LogP contribution >= 0.6 is 0 Å². The van der Waals surface area contributed by atoms with Gasteiger partial charge in [0.25, 0.3) is 5.91 Å². The highest BCUT2D eigenvalue weighted by Gasteiger charge is 2.44. The van der Waals surface area contributed by atoms with Crippen LogP contribution in [0.4, 0.5) is 4.79 Å². The number of aliphatic carboxylic acids is 1. The number of ether oxygens (including phenoxy) is 1. The summed E-state index contributed by atoms with van der Waals surface area (Å²) in [5.41, 5.74) is -0.121. The highest BCUT2D eigenvalue weighted by atomic mass is 16.5. The number of amides is 3. The molecule has 1 fully saturated rings. The van der Waals surface area contributed by atoms with Gasteiger partial charge in [-0.25, -0.2) is 9.59 Å². The van der Waals surface area contributed by atoms with Crippen LogP contribution in [0.5, 0.6) is 11.5 Å². The molecule has 1 aliphatic heterocycles. The number of rotatable bonds is 11. The van der Waals surface area contributed by atoms with Gasteiger partial charge in [0.15, 0.2) is 11.5 Å². The Morgan fingerprint density at radius 2 is 1.71 bits per heavy atom. The fraction of sp³-hybridized carbons (Fsp3) is 0.517. The molecular formula is C29H47N3O10. The quantitative estimate of drug-likeness (QED) is 0.0720. The molecule has 1 aliphatic rings. The minimum absolute atomic E-state index is 0. The third-order valence-electron chi connectivity index (χ3n) is 4.98. The molecule has 1 aromatic rings. The van der Waals surface area contributed by atoms with Crippen molar-refractivity contribution in [1.29, 1.82) is 0 Å². The molecule has 6 N–H and O–H groups in total. The molecule has 2 rings (SSSR count). The summed E-state index contributed by atoms with van der Waals surface area (Å²) < 4.78 is 4.68. The summed E-state index contributed by atoms with van der Waals surface area (Å²) in [6.07, 6.45) is 2.13. The van der Waals surface area contributed by atoms with E-state index in [4.69, 9.17) is 25.5 Å². The highest BCUT2D eigenvalue weighted by Crippen LogP contribution is 2.25. The van der Waals surface area contributed by atoms with Gasteiger partial charge in [-0.3, -0.25) is 19.4 Å². The number of aliphatic hydroxyl groups excluding tert-OH is 2. The highest BCUT2D eigenvalue weighted by molar-refractivity contribution is 6.06. The van der Waals surface area contributed by atoms with Crippen LogP contribution in [0.1, 0.15) is 54.5 Å². The number of carbonyl (C=O) groups excluding carboxylic acids is 3. The number of esters is 1. The molecule has 13 heteroatoms. The molecule has 1 saturated heterocycles. The lowest BCUT2D eigenvalue weighted by Crippen LogP contribution is -2.40. The van der Waals surface area contributed by atoms with Crippen molar-refractivity contribution in [1.82, 2.24) is 15.1 Å². The Kier molecular flexibility index (Phi) is 18.2. The zero-order valence-electron chi connectivity index (χ0n) is 24.5. The molecule has 1 aromatic carbocycles. The number of phenols is 2. The Morgan fingerprint density at radius 1 is 1.12 bits per heavy atom. The molecule has 42 heavy (non-hydrogen) atoms. The zero-order chi connectivity index (χ0) is 31.9. The zero-order valence-corrected chi connectivity index (χ0v) is 24.5. The Balaban J connectivity index is 0. The van der Waals surface area contributed by atoms with E-state index in [0.29, 0.717) is 24.6 Å². The van der Waals surface area contributed by atoms with Gasteiger partial charge in [0.1, 0.15) is 5.54 Å². The number of phenolic OH excluding ortho intramolecular Hbond substituents is 2. The second-order valence-electron chi connectivity index (χ2n) is 10.2. The number of nitrogens with one attached hydrogen (secondary N) is 1. The van der Waals surface area contributed by atoms with Crippen LogP contribution in [0.2, 0.25) is 0 Å². The van der Waals surface area contributed by atoms with E-state index in [0.717, 1.165) is 0 Å². The lowest BCUT2D eigenvalue weighted by atomic mass is 10.1. The number of nitrogens with zero attached hydrogens (tertiary/aromatic N) is 2.